The van der Waals surface area contributed by atoms with Crippen molar-refractivity contribution in [2.75, 3.05) is 0 Å². The molecule has 0 saturated heterocycles. The predicted octanol–water partition coefficient (Wildman–Crippen LogP) is 4.63. The van der Waals surface area contributed by atoms with Crippen molar-refractivity contribution in [3.8, 4) is 5.75 Å². The SMILES string of the molecule is CC(C)Oc1ccc(CNC(=O)c2cc[nH]c2C2CC2)c(C(F)(F)F)c1. The molecule has 0 bridgehead atoms. The van der Waals surface area contributed by atoms with E-state index in [1.807, 2.05) is 0 Å². The van der Waals surface area contributed by atoms with Crippen LogP contribution in [0.2, 0.25) is 0 Å². The minimum atomic E-state index is -4.52. The first-order valence-corrected chi connectivity index (χ1v) is 8.58. The number of H-pyrrole nitrogens is 1. The van der Waals surface area contributed by atoms with Gasteiger partial charge in [-0.05, 0) is 56.4 Å². The Hall–Kier alpha value is -2.44. The Labute approximate surface area is 149 Å². The van der Waals surface area contributed by atoms with Crippen LogP contribution in [-0.4, -0.2) is 17.0 Å². The first kappa shape index (κ1) is 18.4. The highest BCUT2D eigenvalue weighted by Gasteiger charge is 2.34. The van der Waals surface area contributed by atoms with Crippen molar-refractivity contribution in [3.63, 3.8) is 0 Å². The van der Waals surface area contributed by atoms with Crippen LogP contribution in [0.3, 0.4) is 0 Å². The van der Waals surface area contributed by atoms with Crippen LogP contribution in [0.15, 0.2) is 30.5 Å². The zero-order valence-corrected chi connectivity index (χ0v) is 14.6. The molecule has 1 aliphatic rings. The average Bonchev–Trinajstić information content (AvgIpc) is 3.28. The summed E-state index contributed by atoms with van der Waals surface area (Å²) in [5.74, 6) is 0.136. The van der Waals surface area contributed by atoms with Crippen LogP contribution in [-0.2, 0) is 12.7 Å². The van der Waals surface area contributed by atoms with Crippen LogP contribution in [0.4, 0.5) is 13.2 Å². The third-order valence-electron chi connectivity index (χ3n) is 4.21. The first-order valence-electron chi connectivity index (χ1n) is 8.58. The normalized spacial score (nSPS) is 14.5. The van der Waals surface area contributed by atoms with E-state index in [0.29, 0.717) is 11.5 Å². The second kappa shape index (κ2) is 7.05. The molecule has 26 heavy (non-hydrogen) atoms. The third kappa shape index (κ3) is 4.20. The number of aromatic nitrogens is 1. The second-order valence-electron chi connectivity index (χ2n) is 6.75. The van der Waals surface area contributed by atoms with E-state index in [4.69, 9.17) is 4.74 Å². The predicted molar refractivity (Wildman–Crippen MR) is 91.1 cm³/mol. The van der Waals surface area contributed by atoms with Crippen molar-refractivity contribution in [3.05, 3.63) is 52.8 Å². The smallest absolute Gasteiger partial charge is 0.416 e. The maximum Gasteiger partial charge on any atom is 0.416 e. The number of rotatable bonds is 6. The van der Waals surface area contributed by atoms with Crippen molar-refractivity contribution in [2.45, 2.75) is 51.4 Å². The number of carbonyl (C=O) groups is 1. The number of halogens is 3. The van der Waals surface area contributed by atoms with Crippen molar-refractivity contribution in [1.82, 2.24) is 10.3 Å². The Morgan fingerprint density at radius 3 is 2.65 bits per heavy atom. The number of hydrogen-bond acceptors (Lipinski definition) is 2. The molecule has 1 amide bonds. The summed E-state index contributed by atoms with van der Waals surface area (Å²) >= 11 is 0. The number of aromatic amines is 1. The largest absolute Gasteiger partial charge is 0.491 e. The van der Waals surface area contributed by atoms with Gasteiger partial charge in [-0.15, -0.1) is 0 Å². The molecular weight excluding hydrogens is 345 g/mol. The van der Waals surface area contributed by atoms with Gasteiger partial charge in [0.2, 0.25) is 0 Å². The molecule has 1 heterocycles. The molecule has 1 saturated carbocycles. The summed E-state index contributed by atoms with van der Waals surface area (Å²) in [6.07, 6.45) is -1.02. The summed E-state index contributed by atoms with van der Waals surface area (Å²) in [5, 5.41) is 2.60. The third-order valence-corrected chi connectivity index (χ3v) is 4.21. The highest BCUT2D eigenvalue weighted by Crippen LogP contribution is 2.40. The van der Waals surface area contributed by atoms with Crippen molar-refractivity contribution < 1.29 is 22.7 Å². The lowest BCUT2D eigenvalue weighted by molar-refractivity contribution is -0.138. The Bertz CT molecular complexity index is 792. The molecule has 1 fully saturated rings. The van der Waals surface area contributed by atoms with Crippen molar-refractivity contribution >= 4 is 5.91 Å². The summed E-state index contributed by atoms with van der Waals surface area (Å²) < 4.78 is 45.5. The molecular formula is C19H21F3N2O2. The van der Waals surface area contributed by atoms with Crippen LogP contribution in [0.1, 0.15) is 59.8 Å². The Morgan fingerprint density at radius 2 is 2.04 bits per heavy atom. The standard InChI is InChI=1S/C19H21F3N2O2/c1-11(2)26-14-6-5-13(16(9-14)19(20,21)22)10-24-18(25)15-7-8-23-17(15)12-3-4-12/h5-9,11-12,23H,3-4,10H2,1-2H3,(H,24,25). The second-order valence-corrected chi connectivity index (χ2v) is 6.75. The molecule has 140 valence electrons. The summed E-state index contributed by atoms with van der Waals surface area (Å²) in [6, 6.07) is 5.48. The molecule has 3 rings (SSSR count). The first-order chi connectivity index (χ1) is 12.3. The quantitative estimate of drug-likeness (QED) is 0.783. The van der Waals surface area contributed by atoms with Crippen molar-refractivity contribution in [1.29, 1.82) is 0 Å². The van der Waals surface area contributed by atoms with E-state index >= 15 is 0 Å². The van der Waals surface area contributed by atoms with Gasteiger partial charge in [0.1, 0.15) is 5.75 Å². The van der Waals surface area contributed by atoms with E-state index in [-0.39, 0.29) is 29.9 Å². The summed E-state index contributed by atoms with van der Waals surface area (Å²) in [5.41, 5.74) is 0.568. The van der Waals surface area contributed by atoms with E-state index in [9.17, 15) is 18.0 Å². The zero-order chi connectivity index (χ0) is 18.9. The molecule has 2 aromatic rings. The van der Waals surface area contributed by atoms with Gasteiger partial charge in [0.05, 0.1) is 17.2 Å². The topological polar surface area (TPSA) is 54.1 Å². The molecule has 0 aliphatic heterocycles. The fourth-order valence-electron chi connectivity index (χ4n) is 2.88. The number of hydrogen-bond donors (Lipinski definition) is 2. The number of carbonyl (C=O) groups excluding carboxylic acids is 1. The minimum absolute atomic E-state index is 0.00506. The van der Waals surface area contributed by atoms with Gasteiger partial charge in [-0.25, -0.2) is 0 Å². The lowest BCUT2D eigenvalue weighted by atomic mass is 10.1. The molecule has 2 N–H and O–H groups in total. The van der Waals surface area contributed by atoms with Gasteiger partial charge in [0.25, 0.3) is 5.91 Å². The highest BCUT2D eigenvalue weighted by atomic mass is 19.4. The van der Waals surface area contributed by atoms with E-state index < -0.39 is 11.7 Å². The van der Waals surface area contributed by atoms with E-state index in [2.05, 4.69) is 10.3 Å². The van der Waals surface area contributed by atoms with Crippen LogP contribution in [0, 0.1) is 0 Å². The zero-order valence-electron chi connectivity index (χ0n) is 14.6. The van der Waals surface area contributed by atoms with Gasteiger partial charge in [-0.3, -0.25) is 4.79 Å². The summed E-state index contributed by atoms with van der Waals surface area (Å²) in [6.45, 7) is 3.29. The molecule has 7 heteroatoms. The lowest BCUT2D eigenvalue weighted by Crippen LogP contribution is -2.25. The van der Waals surface area contributed by atoms with Crippen molar-refractivity contribution in [2.24, 2.45) is 0 Å². The van der Waals surface area contributed by atoms with Crippen LogP contribution >= 0.6 is 0 Å². The Kier molecular flexibility index (Phi) is 4.98. The summed E-state index contributed by atoms with van der Waals surface area (Å²) in [4.78, 5) is 15.4. The number of amides is 1. The fourth-order valence-corrected chi connectivity index (χ4v) is 2.88. The summed E-state index contributed by atoms with van der Waals surface area (Å²) in [7, 11) is 0. The fraction of sp³-hybridized carbons (Fsp3) is 0.421. The average molecular weight is 366 g/mol. The van der Waals surface area contributed by atoms with E-state index in [1.54, 1.807) is 26.1 Å². The Morgan fingerprint density at radius 1 is 1.31 bits per heavy atom. The van der Waals surface area contributed by atoms with Gasteiger partial charge in [0.15, 0.2) is 0 Å². The molecule has 1 aromatic heterocycles. The molecule has 4 nitrogen and oxygen atoms in total. The monoisotopic (exact) mass is 366 g/mol. The van der Waals surface area contributed by atoms with E-state index in [1.165, 1.54) is 12.1 Å². The van der Waals surface area contributed by atoms with Gasteiger partial charge in [-0.1, -0.05) is 6.07 Å². The maximum absolute atomic E-state index is 13.4. The number of ether oxygens (including phenoxy) is 1. The van der Waals surface area contributed by atoms with Crippen LogP contribution in [0.5, 0.6) is 5.75 Å². The highest BCUT2D eigenvalue weighted by molar-refractivity contribution is 5.95. The number of alkyl halides is 3. The van der Waals surface area contributed by atoms with E-state index in [0.717, 1.165) is 24.6 Å². The van der Waals surface area contributed by atoms with Crippen LogP contribution in [0.25, 0.3) is 0 Å². The lowest BCUT2D eigenvalue weighted by Gasteiger charge is -2.17. The molecule has 0 radical (unpaired) electrons. The van der Waals surface area contributed by atoms with Gasteiger partial charge in [-0.2, -0.15) is 13.2 Å². The minimum Gasteiger partial charge on any atom is -0.491 e. The van der Waals surface area contributed by atoms with Crippen LogP contribution < -0.4 is 10.1 Å². The van der Waals surface area contributed by atoms with Gasteiger partial charge >= 0.3 is 6.18 Å². The maximum atomic E-state index is 13.4. The van der Waals surface area contributed by atoms with Gasteiger partial charge in [0, 0.05) is 18.4 Å². The Balaban J connectivity index is 1.76. The molecule has 0 unspecified atom stereocenters. The molecule has 0 atom stereocenters. The number of benzene rings is 1. The molecule has 1 aromatic carbocycles. The molecule has 0 spiro atoms. The number of nitrogens with one attached hydrogen (secondary N) is 2. The van der Waals surface area contributed by atoms with Gasteiger partial charge < -0.3 is 15.0 Å². The molecule has 1 aliphatic carbocycles.